The first kappa shape index (κ1) is 15.8. The van der Waals surface area contributed by atoms with E-state index in [9.17, 15) is 13.2 Å². The number of anilines is 1. The lowest BCUT2D eigenvalue weighted by Crippen LogP contribution is -2.42. The van der Waals surface area contributed by atoms with Gasteiger partial charge in [-0.25, -0.2) is 4.79 Å². The third kappa shape index (κ3) is 3.74. The Hall–Kier alpha value is -1.60. The van der Waals surface area contributed by atoms with Crippen LogP contribution in [0.25, 0.3) is 0 Å². The molecule has 7 heteroatoms. The molecule has 0 saturated carbocycles. The Balaban J connectivity index is 2.17. The van der Waals surface area contributed by atoms with Crippen LogP contribution in [-0.2, 0) is 10.2 Å². The molecule has 0 aliphatic carbocycles. The van der Waals surface area contributed by atoms with Gasteiger partial charge >= 0.3 is 16.2 Å². The quantitative estimate of drug-likeness (QED) is 0.891. The van der Waals surface area contributed by atoms with Crippen LogP contribution in [-0.4, -0.2) is 36.9 Å². The Morgan fingerprint density at radius 2 is 2.14 bits per heavy atom. The molecular formula is C14H20N2O4S. The molecule has 0 amide bonds. The number of hydrogen-bond donors (Lipinski definition) is 2. The first-order valence-corrected chi connectivity index (χ1v) is 8.35. The summed E-state index contributed by atoms with van der Waals surface area (Å²) in [4.78, 5) is 11.0. The van der Waals surface area contributed by atoms with Crippen LogP contribution in [0, 0.1) is 12.8 Å². The average molecular weight is 312 g/mol. The molecule has 1 aliphatic rings. The Bertz CT molecular complexity index is 642. The Morgan fingerprint density at radius 1 is 1.43 bits per heavy atom. The number of benzene rings is 1. The number of carboxylic acid groups (broad SMARTS) is 1. The maximum Gasteiger partial charge on any atom is 0.335 e. The highest BCUT2D eigenvalue weighted by Gasteiger charge is 2.27. The van der Waals surface area contributed by atoms with E-state index in [0.717, 1.165) is 12.8 Å². The minimum absolute atomic E-state index is 0.171. The van der Waals surface area contributed by atoms with Gasteiger partial charge in [-0.1, -0.05) is 6.92 Å². The van der Waals surface area contributed by atoms with Crippen molar-refractivity contribution in [2.24, 2.45) is 5.92 Å². The van der Waals surface area contributed by atoms with E-state index in [1.807, 2.05) is 6.92 Å². The number of aryl methyl sites for hydroxylation is 1. The van der Waals surface area contributed by atoms with Crippen LogP contribution in [0.2, 0.25) is 0 Å². The van der Waals surface area contributed by atoms with Crippen LogP contribution in [0.4, 0.5) is 5.69 Å². The van der Waals surface area contributed by atoms with E-state index in [2.05, 4.69) is 4.72 Å². The standard InChI is InChI=1S/C14H20N2O4S/c1-10-4-3-7-16(9-10)21(19,20)15-12-5-6-13(14(17)18)11(2)8-12/h5-6,8,10,15H,3-4,7,9H2,1-2H3,(H,17,18)/t10-/m1/s1. The van der Waals surface area contributed by atoms with Crippen LogP contribution in [0.1, 0.15) is 35.7 Å². The zero-order valence-electron chi connectivity index (χ0n) is 12.2. The van der Waals surface area contributed by atoms with Crippen molar-refractivity contribution >= 4 is 21.9 Å². The van der Waals surface area contributed by atoms with Gasteiger partial charge < -0.3 is 5.11 Å². The lowest BCUT2D eigenvalue weighted by molar-refractivity contribution is 0.0696. The molecular weight excluding hydrogens is 292 g/mol. The van der Waals surface area contributed by atoms with Crippen LogP contribution in [0.5, 0.6) is 0 Å². The minimum atomic E-state index is -3.58. The largest absolute Gasteiger partial charge is 0.478 e. The molecule has 0 bridgehead atoms. The van der Waals surface area contributed by atoms with Gasteiger partial charge in [-0.05, 0) is 49.4 Å². The van der Waals surface area contributed by atoms with Crippen LogP contribution < -0.4 is 4.72 Å². The van der Waals surface area contributed by atoms with Crippen molar-refractivity contribution in [2.75, 3.05) is 17.8 Å². The SMILES string of the molecule is Cc1cc(NS(=O)(=O)N2CCC[C@@H](C)C2)ccc1C(=O)O. The first-order chi connectivity index (χ1) is 9.79. The molecule has 0 spiro atoms. The number of nitrogens with one attached hydrogen (secondary N) is 1. The fraction of sp³-hybridized carbons (Fsp3) is 0.500. The summed E-state index contributed by atoms with van der Waals surface area (Å²) in [7, 11) is -3.58. The molecule has 1 aliphatic heterocycles. The predicted octanol–water partition coefficient (Wildman–Crippen LogP) is 2.08. The van der Waals surface area contributed by atoms with Crippen LogP contribution in [0.3, 0.4) is 0 Å². The summed E-state index contributed by atoms with van der Waals surface area (Å²) in [5.41, 5.74) is 1.08. The summed E-state index contributed by atoms with van der Waals surface area (Å²) in [6, 6.07) is 4.42. The highest BCUT2D eigenvalue weighted by molar-refractivity contribution is 7.90. The second kappa shape index (κ2) is 6.03. The normalized spacial score (nSPS) is 20.2. The second-order valence-corrected chi connectivity index (χ2v) is 7.22. The molecule has 21 heavy (non-hydrogen) atoms. The monoisotopic (exact) mass is 312 g/mol. The van der Waals surface area contributed by atoms with Crippen molar-refractivity contribution in [3.63, 3.8) is 0 Å². The highest BCUT2D eigenvalue weighted by Crippen LogP contribution is 2.21. The fourth-order valence-electron chi connectivity index (χ4n) is 2.55. The van der Waals surface area contributed by atoms with Crippen molar-refractivity contribution in [3.05, 3.63) is 29.3 Å². The summed E-state index contributed by atoms with van der Waals surface area (Å²) in [6.07, 6.45) is 1.90. The molecule has 0 radical (unpaired) electrons. The number of carboxylic acids is 1. The van der Waals surface area contributed by atoms with Gasteiger partial charge in [-0.15, -0.1) is 0 Å². The number of hydrogen-bond acceptors (Lipinski definition) is 3. The lowest BCUT2D eigenvalue weighted by Gasteiger charge is -2.30. The van der Waals surface area contributed by atoms with Gasteiger partial charge in [-0.2, -0.15) is 12.7 Å². The zero-order chi connectivity index (χ0) is 15.6. The number of rotatable bonds is 4. The van der Waals surface area contributed by atoms with Crippen molar-refractivity contribution in [1.29, 1.82) is 0 Å². The molecule has 1 saturated heterocycles. The molecule has 116 valence electrons. The van der Waals surface area contributed by atoms with Crippen molar-refractivity contribution in [1.82, 2.24) is 4.31 Å². The smallest absolute Gasteiger partial charge is 0.335 e. The van der Waals surface area contributed by atoms with E-state index in [-0.39, 0.29) is 5.56 Å². The first-order valence-electron chi connectivity index (χ1n) is 6.91. The summed E-state index contributed by atoms with van der Waals surface area (Å²) < 4.78 is 28.6. The number of carbonyl (C=O) groups is 1. The van der Waals surface area contributed by atoms with Gasteiger partial charge in [0.1, 0.15) is 0 Å². The highest BCUT2D eigenvalue weighted by atomic mass is 32.2. The fourth-order valence-corrected chi connectivity index (χ4v) is 3.92. The van der Waals surface area contributed by atoms with Crippen molar-refractivity contribution < 1.29 is 18.3 Å². The average Bonchev–Trinajstić information content (AvgIpc) is 2.37. The van der Waals surface area contributed by atoms with Crippen molar-refractivity contribution in [2.45, 2.75) is 26.7 Å². The number of aromatic carboxylic acids is 1. The summed E-state index contributed by atoms with van der Waals surface area (Å²) in [5.74, 6) is -0.668. The molecule has 2 N–H and O–H groups in total. The molecule has 1 atom stereocenters. The second-order valence-electron chi connectivity index (χ2n) is 5.55. The lowest BCUT2D eigenvalue weighted by atomic mass is 10.0. The molecule has 1 heterocycles. The summed E-state index contributed by atoms with van der Waals surface area (Å²) >= 11 is 0. The minimum Gasteiger partial charge on any atom is -0.478 e. The van der Waals surface area contributed by atoms with Gasteiger partial charge in [0.15, 0.2) is 0 Å². The topological polar surface area (TPSA) is 86.7 Å². The zero-order valence-corrected chi connectivity index (χ0v) is 13.0. The van der Waals surface area contributed by atoms with Gasteiger partial charge in [0.2, 0.25) is 0 Å². The van der Waals surface area contributed by atoms with Gasteiger partial charge in [0, 0.05) is 13.1 Å². The third-order valence-corrected chi connectivity index (χ3v) is 5.17. The summed E-state index contributed by atoms with van der Waals surface area (Å²) in [5, 5.41) is 8.98. The van der Waals surface area contributed by atoms with E-state index in [4.69, 9.17) is 5.11 Å². The van der Waals surface area contributed by atoms with Crippen LogP contribution >= 0.6 is 0 Å². The predicted molar refractivity (Wildman–Crippen MR) is 80.7 cm³/mol. The summed E-state index contributed by atoms with van der Waals surface area (Å²) in [6.45, 7) is 4.71. The van der Waals surface area contributed by atoms with E-state index < -0.39 is 16.2 Å². The molecule has 6 nitrogen and oxygen atoms in total. The molecule has 1 fully saturated rings. The Kier molecular flexibility index (Phi) is 4.53. The van der Waals surface area contributed by atoms with Gasteiger partial charge in [-0.3, -0.25) is 4.72 Å². The van der Waals surface area contributed by atoms with E-state index in [1.165, 1.54) is 22.5 Å². The molecule has 0 unspecified atom stereocenters. The van der Waals surface area contributed by atoms with E-state index in [0.29, 0.717) is 30.3 Å². The maximum atomic E-state index is 12.3. The number of nitrogens with zero attached hydrogens (tertiary/aromatic N) is 1. The van der Waals surface area contributed by atoms with Gasteiger partial charge in [0.25, 0.3) is 0 Å². The molecule has 0 aromatic heterocycles. The molecule has 1 aromatic rings. The van der Waals surface area contributed by atoms with Gasteiger partial charge in [0.05, 0.1) is 11.3 Å². The van der Waals surface area contributed by atoms with Crippen molar-refractivity contribution in [3.8, 4) is 0 Å². The Labute approximate surface area is 125 Å². The molecule has 2 rings (SSSR count). The number of piperidine rings is 1. The van der Waals surface area contributed by atoms with E-state index >= 15 is 0 Å². The van der Waals surface area contributed by atoms with E-state index in [1.54, 1.807) is 6.92 Å². The third-order valence-electron chi connectivity index (χ3n) is 3.66. The van der Waals surface area contributed by atoms with Crippen LogP contribution in [0.15, 0.2) is 18.2 Å². The maximum absolute atomic E-state index is 12.3. The Morgan fingerprint density at radius 3 is 2.71 bits per heavy atom. The molecule has 1 aromatic carbocycles.